The van der Waals surface area contributed by atoms with Gasteiger partial charge in [0, 0.05) is 12.1 Å². The second-order valence-corrected chi connectivity index (χ2v) is 8.64. The fourth-order valence-electron chi connectivity index (χ4n) is 4.46. The van der Waals surface area contributed by atoms with Gasteiger partial charge in [0.25, 0.3) is 11.5 Å². The summed E-state index contributed by atoms with van der Waals surface area (Å²) in [5.41, 5.74) is 3.99. The summed E-state index contributed by atoms with van der Waals surface area (Å²) < 4.78 is 6.99. The van der Waals surface area contributed by atoms with Gasteiger partial charge in [0.1, 0.15) is 11.6 Å². The van der Waals surface area contributed by atoms with Crippen LogP contribution >= 0.6 is 0 Å². The van der Waals surface area contributed by atoms with E-state index in [1.54, 1.807) is 40.8 Å². The van der Waals surface area contributed by atoms with Gasteiger partial charge in [-0.05, 0) is 80.8 Å². The van der Waals surface area contributed by atoms with E-state index in [2.05, 4.69) is 0 Å². The van der Waals surface area contributed by atoms with Gasteiger partial charge in [-0.1, -0.05) is 31.2 Å². The number of benzene rings is 3. The van der Waals surface area contributed by atoms with Crippen LogP contribution < -0.4 is 10.3 Å². The number of hydrogen-bond acceptors (Lipinski definition) is 4. The topological polar surface area (TPSA) is 64.4 Å². The molecular formula is C29H31N3O3. The third kappa shape index (κ3) is 4.56. The van der Waals surface area contributed by atoms with Crippen LogP contribution in [0.3, 0.4) is 0 Å². The van der Waals surface area contributed by atoms with Crippen molar-refractivity contribution in [3.63, 3.8) is 0 Å². The van der Waals surface area contributed by atoms with Crippen molar-refractivity contribution in [1.82, 2.24) is 14.5 Å². The van der Waals surface area contributed by atoms with Gasteiger partial charge in [0.2, 0.25) is 0 Å². The van der Waals surface area contributed by atoms with Crippen molar-refractivity contribution in [3.05, 3.63) is 99.6 Å². The number of nitrogens with zero attached hydrogens (tertiary/aromatic N) is 3. The Balaban J connectivity index is 1.93. The molecule has 6 heteroatoms. The minimum Gasteiger partial charge on any atom is -0.497 e. The van der Waals surface area contributed by atoms with Crippen molar-refractivity contribution in [2.24, 2.45) is 0 Å². The number of methoxy groups -OCH3 is 1. The van der Waals surface area contributed by atoms with Gasteiger partial charge < -0.3 is 9.64 Å². The number of aromatic nitrogens is 2. The Morgan fingerprint density at radius 3 is 2.46 bits per heavy atom. The molecule has 0 N–H and O–H groups in total. The summed E-state index contributed by atoms with van der Waals surface area (Å²) in [7, 11) is 1.58. The molecule has 0 spiro atoms. The number of carbonyl (C=O) groups excluding carboxylic acids is 1. The molecule has 1 aromatic heterocycles. The van der Waals surface area contributed by atoms with E-state index in [1.807, 2.05) is 70.2 Å². The summed E-state index contributed by atoms with van der Waals surface area (Å²) in [6, 6.07) is 20.0. The lowest BCUT2D eigenvalue weighted by Gasteiger charge is -2.31. The van der Waals surface area contributed by atoms with Crippen LogP contribution in [0.15, 0.2) is 71.5 Å². The predicted molar refractivity (Wildman–Crippen MR) is 140 cm³/mol. The second kappa shape index (κ2) is 10.1. The number of hydrogen-bond donors (Lipinski definition) is 0. The second-order valence-electron chi connectivity index (χ2n) is 8.64. The molecule has 0 aliphatic carbocycles. The molecule has 0 saturated carbocycles. The van der Waals surface area contributed by atoms with E-state index in [-0.39, 0.29) is 11.5 Å². The first-order valence-corrected chi connectivity index (χ1v) is 11.9. The fraction of sp³-hybridized carbons (Fsp3) is 0.276. The van der Waals surface area contributed by atoms with Gasteiger partial charge in [0.05, 0.1) is 29.7 Å². The number of carbonyl (C=O) groups is 1. The van der Waals surface area contributed by atoms with Gasteiger partial charge in [-0.2, -0.15) is 0 Å². The van der Waals surface area contributed by atoms with E-state index in [0.717, 1.165) is 16.8 Å². The summed E-state index contributed by atoms with van der Waals surface area (Å²) in [5.74, 6) is 1.04. The van der Waals surface area contributed by atoms with E-state index in [4.69, 9.17) is 9.72 Å². The normalized spacial score (nSPS) is 11.9. The third-order valence-corrected chi connectivity index (χ3v) is 6.53. The zero-order chi connectivity index (χ0) is 25.1. The first-order valence-electron chi connectivity index (χ1n) is 11.9. The molecule has 0 bridgehead atoms. The predicted octanol–water partition coefficient (Wildman–Crippen LogP) is 5.62. The molecule has 1 atom stereocenters. The lowest BCUT2D eigenvalue weighted by atomic mass is 10.1. The Bertz CT molecular complexity index is 1440. The minimum absolute atomic E-state index is 0.132. The van der Waals surface area contributed by atoms with Crippen molar-refractivity contribution in [2.75, 3.05) is 13.7 Å². The number of amides is 1. The zero-order valence-electron chi connectivity index (χ0n) is 20.9. The molecule has 0 radical (unpaired) electrons. The quantitative estimate of drug-likeness (QED) is 0.352. The lowest BCUT2D eigenvalue weighted by molar-refractivity contribution is 0.0671. The number of para-hydroxylation sites is 1. The SMILES string of the molecule is CCC(c1nc2ccccc2c(=O)n1-c1ccc(C)c(C)c1)N(CC)C(=O)c1cccc(OC)c1. The smallest absolute Gasteiger partial charge is 0.266 e. The molecule has 1 heterocycles. The molecule has 35 heavy (non-hydrogen) atoms. The molecule has 4 aromatic rings. The number of fused-ring (bicyclic) bond motifs is 1. The molecule has 0 aliphatic heterocycles. The molecule has 180 valence electrons. The molecule has 0 saturated heterocycles. The van der Waals surface area contributed by atoms with Crippen molar-refractivity contribution in [2.45, 2.75) is 40.2 Å². The first-order chi connectivity index (χ1) is 16.9. The highest BCUT2D eigenvalue weighted by Crippen LogP contribution is 2.28. The highest BCUT2D eigenvalue weighted by atomic mass is 16.5. The average Bonchev–Trinajstić information content (AvgIpc) is 2.88. The van der Waals surface area contributed by atoms with Crippen LogP contribution in [0.1, 0.15) is 53.6 Å². The summed E-state index contributed by atoms with van der Waals surface area (Å²) in [5, 5.41) is 0.548. The molecule has 0 fully saturated rings. The van der Waals surface area contributed by atoms with E-state index in [1.165, 1.54) is 0 Å². The summed E-state index contributed by atoms with van der Waals surface area (Å²) in [6.45, 7) is 8.49. The van der Waals surface area contributed by atoms with Crippen LogP contribution in [0, 0.1) is 13.8 Å². The lowest BCUT2D eigenvalue weighted by Crippen LogP contribution is -2.38. The van der Waals surface area contributed by atoms with Crippen LogP contribution in [0.5, 0.6) is 5.75 Å². The standard InChI is InChI=1S/C29H31N3O3/c1-6-26(31(7-2)28(33)21-11-10-12-23(18-21)35-5)27-30-25-14-9-8-13-24(25)29(34)32(27)22-16-15-19(3)20(4)17-22/h8-18,26H,6-7H2,1-5H3. The number of aryl methyl sites for hydroxylation is 2. The van der Waals surface area contributed by atoms with Gasteiger partial charge >= 0.3 is 0 Å². The Hall–Kier alpha value is -3.93. The summed E-state index contributed by atoms with van der Waals surface area (Å²) >= 11 is 0. The number of rotatable bonds is 7. The van der Waals surface area contributed by atoms with Gasteiger partial charge in [-0.15, -0.1) is 0 Å². The largest absolute Gasteiger partial charge is 0.497 e. The maximum atomic E-state index is 13.8. The third-order valence-electron chi connectivity index (χ3n) is 6.53. The highest BCUT2D eigenvalue weighted by molar-refractivity contribution is 5.95. The van der Waals surface area contributed by atoms with Crippen molar-refractivity contribution < 1.29 is 9.53 Å². The molecule has 6 nitrogen and oxygen atoms in total. The Morgan fingerprint density at radius 2 is 1.77 bits per heavy atom. The van der Waals surface area contributed by atoms with Crippen LogP contribution in [0.2, 0.25) is 0 Å². The van der Waals surface area contributed by atoms with Crippen molar-refractivity contribution in [1.29, 1.82) is 0 Å². The Morgan fingerprint density at radius 1 is 1.00 bits per heavy atom. The molecule has 0 aliphatic rings. The maximum Gasteiger partial charge on any atom is 0.266 e. The monoisotopic (exact) mass is 469 g/mol. The Kier molecular flexibility index (Phi) is 7.01. The zero-order valence-corrected chi connectivity index (χ0v) is 20.9. The van der Waals surface area contributed by atoms with Gasteiger partial charge in [0.15, 0.2) is 0 Å². The summed E-state index contributed by atoms with van der Waals surface area (Å²) in [6.07, 6.45) is 0.596. The van der Waals surface area contributed by atoms with Gasteiger partial charge in [-0.25, -0.2) is 4.98 Å². The molecule has 1 unspecified atom stereocenters. The molecule has 3 aromatic carbocycles. The van der Waals surface area contributed by atoms with Crippen LogP contribution in [-0.4, -0.2) is 34.0 Å². The fourth-order valence-corrected chi connectivity index (χ4v) is 4.46. The van der Waals surface area contributed by atoms with E-state index < -0.39 is 6.04 Å². The molecule has 4 rings (SSSR count). The van der Waals surface area contributed by atoms with Crippen LogP contribution in [0.4, 0.5) is 0 Å². The number of ether oxygens (including phenoxy) is 1. The first kappa shape index (κ1) is 24.2. The minimum atomic E-state index is -0.405. The highest BCUT2D eigenvalue weighted by Gasteiger charge is 2.29. The van der Waals surface area contributed by atoms with E-state index >= 15 is 0 Å². The average molecular weight is 470 g/mol. The molecular weight excluding hydrogens is 438 g/mol. The van der Waals surface area contributed by atoms with Crippen molar-refractivity contribution in [3.8, 4) is 11.4 Å². The Labute approximate surface area is 205 Å². The van der Waals surface area contributed by atoms with Crippen molar-refractivity contribution >= 4 is 16.8 Å². The summed E-state index contributed by atoms with van der Waals surface area (Å²) in [4.78, 5) is 34.2. The molecule has 1 amide bonds. The van der Waals surface area contributed by atoms with E-state index in [9.17, 15) is 9.59 Å². The van der Waals surface area contributed by atoms with Gasteiger partial charge in [-0.3, -0.25) is 14.2 Å². The van der Waals surface area contributed by atoms with Crippen LogP contribution in [-0.2, 0) is 0 Å². The maximum absolute atomic E-state index is 13.8. The van der Waals surface area contributed by atoms with Crippen LogP contribution in [0.25, 0.3) is 16.6 Å². The van der Waals surface area contributed by atoms with E-state index in [0.29, 0.717) is 41.0 Å².